The van der Waals surface area contributed by atoms with Gasteiger partial charge in [0, 0.05) is 16.1 Å². The van der Waals surface area contributed by atoms with Crippen LogP contribution in [-0.4, -0.2) is 28.8 Å². The van der Waals surface area contributed by atoms with Crippen LogP contribution in [0.25, 0.3) is 22.4 Å². The summed E-state index contributed by atoms with van der Waals surface area (Å²) in [5, 5.41) is 4.92. The fraction of sp³-hybridized carbons (Fsp3) is 0.105. The van der Waals surface area contributed by atoms with E-state index in [2.05, 4.69) is 10.1 Å². The van der Waals surface area contributed by atoms with Crippen molar-refractivity contribution in [1.82, 2.24) is 14.6 Å². The number of halogens is 1. The molecule has 27 heavy (non-hydrogen) atoms. The number of fused-ring (bicyclic) bond motifs is 1. The first-order valence-corrected chi connectivity index (χ1v) is 9.18. The van der Waals surface area contributed by atoms with E-state index in [-0.39, 0.29) is 5.56 Å². The van der Waals surface area contributed by atoms with Crippen molar-refractivity contribution in [2.75, 3.05) is 14.2 Å². The second kappa shape index (κ2) is 7.02. The summed E-state index contributed by atoms with van der Waals surface area (Å²) in [6.07, 6.45) is 1.75. The summed E-state index contributed by atoms with van der Waals surface area (Å²) in [4.78, 5) is 17.7. The van der Waals surface area contributed by atoms with E-state index in [0.717, 1.165) is 11.1 Å². The molecule has 4 aromatic rings. The SMILES string of the molecule is COc1cccc(C=c2sc3nc(-c4cccc(Cl)c4)nn3c2=O)c1OC. The fourth-order valence-electron chi connectivity index (χ4n) is 2.75. The Balaban J connectivity index is 1.83. The van der Waals surface area contributed by atoms with E-state index in [1.807, 2.05) is 24.3 Å². The van der Waals surface area contributed by atoms with Gasteiger partial charge in [-0.15, -0.1) is 5.10 Å². The molecule has 4 rings (SSSR count). The van der Waals surface area contributed by atoms with Crippen LogP contribution in [0.5, 0.6) is 11.5 Å². The molecule has 0 radical (unpaired) electrons. The molecule has 0 bridgehead atoms. The molecule has 2 heterocycles. The number of thiazole rings is 1. The third kappa shape index (κ3) is 3.15. The van der Waals surface area contributed by atoms with Gasteiger partial charge in [0.2, 0.25) is 4.96 Å². The minimum absolute atomic E-state index is 0.236. The first kappa shape index (κ1) is 17.5. The number of ether oxygens (including phenoxy) is 2. The van der Waals surface area contributed by atoms with Crippen molar-refractivity contribution in [2.24, 2.45) is 0 Å². The summed E-state index contributed by atoms with van der Waals surface area (Å²) < 4.78 is 12.5. The summed E-state index contributed by atoms with van der Waals surface area (Å²) in [5.74, 6) is 1.63. The molecule has 0 aliphatic carbocycles. The number of hydrogen-bond donors (Lipinski definition) is 0. The van der Waals surface area contributed by atoms with Crippen LogP contribution < -0.4 is 19.6 Å². The van der Waals surface area contributed by atoms with Crippen LogP contribution in [0, 0.1) is 0 Å². The first-order valence-electron chi connectivity index (χ1n) is 7.99. The number of methoxy groups -OCH3 is 2. The maximum Gasteiger partial charge on any atom is 0.291 e. The molecule has 0 N–H and O–H groups in total. The Labute approximate surface area is 163 Å². The van der Waals surface area contributed by atoms with Crippen molar-refractivity contribution in [3.05, 3.63) is 67.9 Å². The third-order valence-corrected chi connectivity index (χ3v) is 5.18. The Hall–Kier alpha value is -2.90. The second-order valence-corrected chi connectivity index (χ2v) is 7.08. The maximum absolute atomic E-state index is 12.7. The summed E-state index contributed by atoms with van der Waals surface area (Å²) in [5.41, 5.74) is 1.27. The molecule has 0 aliphatic rings. The fourth-order valence-corrected chi connectivity index (χ4v) is 3.84. The highest BCUT2D eigenvalue weighted by atomic mass is 35.5. The standard InChI is InChI=1S/C19H14ClN3O3S/c1-25-14-8-4-5-11(16(14)26-2)10-15-18(24)23-19(27-15)21-17(22-23)12-6-3-7-13(20)9-12/h3-10H,1-2H3. The van der Waals surface area contributed by atoms with Gasteiger partial charge in [-0.3, -0.25) is 4.79 Å². The van der Waals surface area contributed by atoms with E-state index in [4.69, 9.17) is 21.1 Å². The molecule has 0 atom stereocenters. The molecule has 0 amide bonds. The number of hydrogen-bond acceptors (Lipinski definition) is 6. The first-order chi connectivity index (χ1) is 13.1. The highest BCUT2D eigenvalue weighted by molar-refractivity contribution is 7.15. The van der Waals surface area contributed by atoms with Crippen molar-refractivity contribution in [1.29, 1.82) is 0 Å². The predicted molar refractivity (Wildman–Crippen MR) is 106 cm³/mol. The molecule has 136 valence electrons. The number of nitrogens with zero attached hydrogens (tertiary/aromatic N) is 3. The average molecular weight is 400 g/mol. The normalized spacial score (nSPS) is 11.9. The monoisotopic (exact) mass is 399 g/mol. The highest BCUT2D eigenvalue weighted by Crippen LogP contribution is 2.31. The van der Waals surface area contributed by atoms with E-state index >= 15 is 0 Å². The van der Waals surface area contributed by atoms with Gasteiger partial charge in [0.25, 0.3) is 5.56 Å². The van der Waals surface area contributed by atoms with Crippen LogP contribution in [-0.2, 0) is 0 Å². The van der Waals surface area contributed by atoms with Gasteiger partial charge in [-0.1, -0.05) is 47.2 Å². The Kier molecular flexibility index (Phi) is 4.55. The van der Waals surface area contributed by atoms with Gasteiger partial charge in [0.05, 0.1) is 18.8 Å². The molecular weight excluding hydrogens is 386 g/mol. The number of benzene rings is 2. The van der Waals surface area contributed by atoms with Crippen molar-refractivity contribution in [3.63, 3.8) is 0 Å². The molecule has 0 aliphatic heterocycles. The Morgan fingerprint density at radius 2 is 1.96 bits per heavy atom. The maximum atomic E-state index is 12.7. The van der Waals surface area contributed by atoms with Crippen LogP contribution in [0.1, 0.15) is 5.56 Å². The quantitative estimate of drug-likeness (QED) is 0.527. The van der Waals surface area contributed by atoms with Crippen molar-refractivity contribution in [3.8, 4) is 22.9 Å². The van der Waals surface area contributed by atoms with Gasteiger partial charge in [-0.05, 0) is 24.3 Å². The van der Waals surface area contributed by atoms with Gasteiger partial charge in [-0.25, -0.2) is 0 Å². The van der Waals surface area contributed by atoms with E-state index in [1.54, 1.807) is 38.5 Å². The Bertz CT molecular complexity index is 1250. The van der Waals surface area contributed by atoms with Gasteiger partial charge in [0.1, 0.15) is 0 Å². The van der Waals surface area contributed by atoms with Crippen molar-refractivity contribution < 1.29 is 9.47 Å². The molecule has 0 fully saturated rings. The third-order valence-electron chi connectivity index (χ3n) is 3.98. The van der Waals surface area contributed by atoms with E-state index in [9.17, 15) is 4.79 Å². The summed E-state index contributed by atoms with van der Waals surface area (Å²) >= 11 is 7.28. The number of rotatable bonds is 4. The van der Waals surface area contributed by atoms with Gasteiger partial charge < -0.3 is 9.47 Å². The highest BCUT2D eigenvalue weighted by Gasteiger charge is 2.13. The van der Waals surface area contributed by atoms with Gasteiger partial charge >= 0.3 is 0 Å². The topological polar surface area (TPSA) is 65.7 Å². The lowest BCUT2D eigenvalue weighted by molar-refractivity contribution is 0.354. The zero-order valence-corrected chi connectivity index (χ0v) is 16.0. The lowest BCUT2D eigenvalue weighted by Crippen LogP contribution is -2.23. The van der Waals surface area contributed by atoms with Gasteiger partial charge in [0.15, 0.2) is 17.3 Å². The molecule has 0 spiro atoms. The van der Waals surface area contributed by atoms with Crippen LogP contribution in [0.2, 0.25) is 5.02 Å². The zero-order valence-electron chi connectivity index (χ0n) is 14.5. The summed E-state index contributed by atoms with van der Waals surface area (Å²) in [7, 11) is 3.13. The molecular formula is C19H14ClN3O3S. The number of aromatic nitrogens is 3. The van der Waals surface area contributed by atoms with E-state index < -0.39 is 0 Å². The van der Waals surface area contributed by atoms with E-state index in [0.29, 0.717) is 31.8 Å². The molecule has 0 unspecified atom stereocenters. The van der Waals surface area contributed by atoms with Crippen LogP contribution in [0.3, 0.4) is 0 Å². The van der Waals surface area contributed by atoms with Crippen LogP contribution >= 0.6 is 22.9 Å². The summed E-state index contributed by atoms with van der Waals surface area (Å²) in [6, 6.07) is 12.7. The predicted octanol–water partition coefficient (Wildman–Crippen LogP) is 3.04. The average Bonchev–Trinajstić information content (AvgIpc) is 3.21. The minimum atomic E-state index is -0.236. The van der Waals surface area contributed by atoms with E-state index in [1.165, 1.54) is 15.9 Å². The van der Waals surface area contributed by atoms with Crippen molar-refractivity contribution >= 4 is 34.0 Å². The molecule has 8 heteroatoms. The zero-order chi connectivity index (χ0) is 19.0. The van der Waals surface area contributed by atoms with Crippen LogP contribution in [0.4, 0.5) is 0 Å². The molecule has 2 aromatic carbocycles. The number of para-hydroxylation sites is 1. The molecule has 2 aromatic heterocycles. The largest absolute Gasteiger partial charge is 0.493 e. The van der Waals surface area contributed by atoms with Crippen LogP contribution in [0.15, 0.2) is 47.3 Å². The Morgan fingerprint density at radius 1 is 1.15 bits per heavy atom. The minimum Gasteiger partial charge on any atom is -0.493 e. The van der Waals surface area contributed by atoms with Crippen molar-refractivity contribution in [2.45, 2.75) is 0 Å². The second-order valence-electron chi connectivity index (χ2n) is 5.64. The summed E-state index contributed by atoms with van der Waals surface area (Å²) in [6.45, 7) is 0. The molecule has 0 saturated heterocycles. The Morgan fingerprint density at radius 3 is 2.67 bits per heavy atom. The molecule has 0 saturated carbocycles. The lowest BCUT2D eigenvalue weighted by Gasteiger charge is -2.09. The smallest absolute Gasteiger partial charge is 0.291 e. The molecule has 6 nitrogen and oxygen atoms in total. The van der Waals surface area contributed by atoms with Gasteiger partial charge in [-0.2, -0.15) is 9.50 Å². The lowest BCUT2D eigenvalue weighted by atomic mass is 10.2.